The predicted molar refractivity (Wildman–Crippen MR) is 76.6 cm³/mol. The Bertz CT molecular complexity index is 814. The fourth-order valence-electron chi connectivity index (χ4n) is 1.67. The molecule has 0 saturated heterocycles. The highest BCUT2D eigenvalue weighted by atomic mass is 35.5. The van der Waals surface area contributed by atoms with Gasteiger partial charge in [-0.1, -0.05) is 11.6 Å². The molecule has 0 aliphatic heterocycles. The van der Waals surface area contributed by atoms with Crippen LogP contribution in [0.1, 0.15) is 10.4 Å². The van der Waals surface area contributed by atoms with Gasteiger partial charge in [-0.3, -0.25) is 4.79 Å². The van der Waals surface area contributed by atoms with Crippen molar-refractivity contribution in [2.45, 2.75) is 0 Å². The van der Waals surface area contributed by atoms with Crippen molar-refractivity contribution in [3.63, 3.8) is 0 Å². The third kappa shape index (κ3) is 4.23. The molecular formula is C15H8ClF4NO3. The van der Waals surface area contributed by atoms with Gasteiger partial charge in [0.25, 0.3) is 5.91 Å². The van der Waals surface area contributed by atoms with Crippen LogP contribution in [0.3, 0.4) is 0 Å². The Hall–Kier alpha value is -2.61. The molecule has 2 aromatic rings. The van der Waals surface area contributed by atoms with E-state index in [4.69, 9.17) is 11.6 Å². The van der Waals surface area contributed by atoms with Crippen LogP contribution in [0.4, 0.5) is 23.2 Å². The first kappa shape index (κ1) is 17.7. The first-order valence-corrected chi connectivity index (χ1v) is 6.72. The summed E-state index contributed by atoms with van der Waals surface area (Å²) in [5.41, 5.74) is -0.929. The number of hydrogen-bond donors (Lipinski definition) is 1. The van der Waals surface area contributed by atoms with E-state index in [-0.39, 0.29) is 0 Å². The number of nitrogens with one attached hydrogen (secondary N) is 1. The van der Waals surface area contributed by atoms with Crippen molar-refractivity contribution in [3.05, 3.63) is 64.2 Å². The summed E-state index contributed by atoms with van der Waals surface area (Å²) in [7, 11) is 0. The molecule has 0 atom stereocenters. The molecule has 0 fully saturated rings. The van der Waals surface area contributed by atoms with Gasteiger partial charge in [0.2, 0.25) is 0 Å². The highest BCUT2D eigenvalue weighted by Crippen LogP contribution is 2.21. The fraction of sp³-hybridized carbons (Fsp3) is 0.0667. The Kier molecular flexibility index (Phi) is 5.40. The number of anilines is 1. The lowest BCUT2D eigenvalue weighted by molar-refractivity contribution is -0.119. The first-order chi connectivity index (χ1) is 11.3. The number of hydrogen-bond acceptors (Lipinski definition) is 3. The predicted octanol–water partition coefficient (Wildman–Crippen LogP) is 3.69. The van der Waals surface area contributed by atoms with Crippen LogP contribution < -0.4 is 5.32 Å². The fourth-order valence-corrected chi connectivity index (χ4v) is 1.89. The summed E-state index contributed by atoms with van der Waals surface area (Å²) in [6.45, 7) is -0.871. The van der Waals surface area contributed by atoms with Crippen LogP contribution in [-0.4, -0.2) is 18.5 Å². The van der Waals surface area contributed by atoms with Crippen LogP contribution in [-0.2, 0) is 9.53 Å². The van der Waals surface area contributed by atoms with Gasteiger partial charge in [0.15, 0.2) is 18.2 Å². The van der Waals surface area contributed by atoms with Crippen molar-refractivity contribution in [1.29, 1.82) is 0 Å². The molecule has 2 aromatic carbocycles. The minimum Gasteiger partial charge on any atom is -0.452 e. The minimum atomic E-state index is -1.32. The SMILES string of the molecule is O=C(COC(=O)c1cc(F)c(F)cc1Cl)Nc1cc(F)ccc1F. The van der Waals surface area contributed by atoms with E-state index < -0.39 is 58.0 Å². The third-order valence-electron chi connectivity index (χ3n) is 2.77. The van der Waals surface area contributed by atoms with Crippen molar-refractivity contribution >= 4 is 29.2 Å². The Morgan fingerprint density at radius 3 is 2.38 bits per heavy atom. The van der Waals surface area contributed by atoms with E-state index in [9.17, 15) is 27.2 Å². The van der Waals surface area contributed by atoms with Crippen LogP contribution in [0.2, 0.25) is 5.02 Å². The molecule has 0 heterocycles. The Labute approximate surface area is 138 Å². The van der Waals surface area contributed by atoms with Gasteiger partial charge in [-0.15, -0.1) is 0 Å². The molecule has 0 bridgehead atoms. The number of carbonyl (C=O) groups is 2. The Morgan fingerprint density at radius 1 is 1.00 bits per heavy atom. The van der Waals surface area contributed by atoms with Crippen molar-refractivity contribution in [2.24, 2.45) is 0 Å². The van der Waals surface area contributed by atoms with Crippen LogP contribution in [0.5, 0.6) is 0 Å². The zero-order valence-corrected chi connectivity index (χ0v) is 12.5. The zero-order chi connectivity index (χ0) is 17.9. The van der Waals surface area contributed by atoms with Crippen molar-refractivity contribution < 1.29 is 31.9 Å². The van der Waals surface area contributed by atoms with Gasteiger partial charge in [0.05, 0.1) is 16.3 Å². The minimum absolute atomic E-state index is 0.407. The molecule has 0 aliphatic carbocycles. The number of carbonyl (C=O) groups excluding carboxylic acids is 2. The molecule has 0 radical (unpaired) electrons. The maximum atomic E-state index is 13.3. The topological polar surface area (TPSA) is 55.4 Å². The lowest BCUT2D eigenvalue weighted by atomic mass is 10.2. The third-order valence-corrected chi connectivity index (χ3v) is 3.08. The van der Waals surface area contributed by atoms with Crippen LogP contribution in [0, 0.1) is 23.3 Å². The van der Waals surface area contributed by atoms with E-state index in [1.165, 1.54) is 0 Å². The van der Waals surface area contributed by atoms with Crippen molar-refractivity contribution in [3.8, 4) is 0 Å². The summed E-state index contributed by atoms with van der Waals surface area (Å²) >= 11 is 5.58. The number of amides is 1. The van der Waals surface area contributed by atoms with Gasteiger partial charge in [0, 0.05) is 6.07 Å². The van der Waals surface area contributed by atoms with Gasteiger partial charge in [-0.25, -0.2) is 22.4 Å². The molecule has 1 amide bonds. The summed E-state index contributed by atoms with van der Waals surface area (Å²) in [6.07, 6.45) is 0. The monoisotopic (exact) mass is 361 g/mol. The number of esters is 1. The zero-order valence-electron chi connectivity index (χ0n) is 11.7. The molecule has 0 saturated carbocycles. The van der Waals surface area contributed by atoms with Crippen LogP contribution in [0.25, 0.3) is 0 Å². The van der Waals surface area contributed by atoms with E-state index in [1.807, 2.05) is 5.32 Å². The summed E-state index contributed by atoms with van der Waals surface area (Å²) in [6, 6.07) is 3.50. The van der Waals surface area contributed by atoms with Gasteiger partial charge in [0.1, 0.15) is 11.6 Å². The molecule has 1 N–H and O–H groups in total. The van der Waals surface area contributed by atoms with Crippen molar-refractivity contribution in [2.75, 3.05) is 11.9 Å². The van der Waals surface area contributed by atoms with Gasteiger partial charge in [-0.2, -0.15) is 0 Å². The second-order valence-electron chi connectivity index (χ2n) is 4.49. The van der Waals surface area contributed by atoms with E-state index >= 15 is 0 Å². The Morgan fingerprint density at radius 2 is 1.67 bits per heavy atom. The van der Waals surface area contributed by atoms with E-state index in [0.29, 0.717) is 12.1 Å². The number of benzene rings is 2. The molecule has 0 spiro atoms. The van der Waals surface area contributed by atoms with Crippen molar-refractivity contribution in [1.82, 2.24) is 0 Å². The van der Waals surface area contributed by atoms with Gasteiger partial charge in [-0.05, 0) is 24.3 Å². The number of rotatable bonds is 4. The second-order valence-corrected chi connectivity index (χ2v) is 4.90. The van der Waals surface area contributed by atoms with E-state index in [2.05, 4.69) is 4.74 Å². The standard InChI is InChI=1S/C15H8ClF4NO3/c16-9-5-12(20)11(19)4-8(9)15(23)24-6-14(22)21-13-3-7(17)1-2-10(13)18/h1-5H,6H2,(H,21,22). The molecule has 9 heteroatoms. The highest BCUT2D eigenvalue weighted by Gasteiger charge is 2.18. The number of ether oxygens (including phenoxy) is 1. The van der Waals surface area contributed by atoms with E-state index in [1.54, 1.807) is 0 Å². The smallest absolute Gasteiger partial charge is 0.340 e. The summed E-state index contributed by atoms with van der Waals surface area (Å²) < 4.78 is 56.9. The molecule has 24 heavy (non-hydrogen) atoms. The summed E-state index contributed by atoms with van der Waals surface area (Å²) in [4.78, 5) is 23.3. The van der Waals surface area contributed by atoms with Gasteiger partial charge >= 0.3 is 5.97 Å². The Balaban J connectivity index is 2.00. The van der Waals surface area contributed by atoms with E-state index in [0.717, 1.165) is 18.2 Å². The normalized spacial score (nSPS) is 10.4. The molecule has 126 valence electrons. The highest BCUT2D eigenvalue weighted by molar-refractivity contribution is 6.33. The number of halogens is 5. The maximum absolute atomic E-state index is 13.3. The average molecular weight is 362 g/mol. The molecule has 0 aromatic heterocycles. The lowest BCUT2D eigenvalue weighted by Crippen LogP contribution is -2.21. The summed E-state index contributed by atoms with van der Waals surface area (Å²) in [5, 5.41) is 1.59. The molecular weight excluding hydrogens is 354 g/mol. The van der Waals surface area contributed by atoms with Gasteiger partial charge < -0.3 is 10.1 Å². The quantitative estimate of drug-likeness (QED) is 0.513. The van der Waals surface area contributed by atoms with Crippen LogP contribution >= 0.6 is 11.6 Å². The average Bonchev–Trinajstić information content (AvgIpc) is 2.52. The lowest BCUT2D eigenvalue weighted by Gasteiger charge is -2.08. The second kappa shape index (κ2) is 7.31. The molecule has 0 aliphatic rings. The largest absolute Gasteiger partial charge is 0.452 e. The molecule has 0 unspecified atom stereocenters. The molecule has 2 rings (SSSR count). The summed E-state index contributed by atoms with van der Waals surface area (Å²) in [5.74, 6) is -6.40. The van der Waals surface area contributed by atoms with Crippen LogP contribution in [0.15, 0.2) is 30.3 Å². The first-order valence-electron chi connectivity index (χ1n) is 6.34. The maximum Gasteiger partial charge on any atom is 0.340 e. The molecule has 4 nitrogen and oxygen atoms in total.